The molecule has 0 radical (unpaired) electrons. The lowest BCUT2D eigenvalue weighted by Gasteiger charge is -2.21. The fourth-order valence-electron chi connectivity index (χ4n) is 0.656. The molecule has 0 amide bonds. The van der Waals surface area contributed by atoms with Crippen molar-refractivity contribution in [1.82, 2.24) is 0 Å². The van der Waals surface area contributed by atoms with E-state index in [-0.39, 0.29) is 17.9 Å². The van der Waals surface area contributed by atoms with E-state index >= 15 is 0 Å². The molecule has 0 saturated carbocycles. The maximum atomic E-state index is 8.50. The van der Waals surface area contributed by atoms with Crippen molar-refractivity contribution < 1.29 is 5.11 Å². The van der Waals surface area contributed by atoms with E-state index < -0.39 is 0 Å². The Bertz CT molecular complexity index is 121. The Morgan fingerprint density at radius 3 is 2.40 bits per heavy atom. The van der Waals surface area contributed by atoms with Gasteiger partial charge in [0.2, 0.25) is 0 Å². The van der Waals surface area contributed by atoms with E-state index in [1.54, 1.807) is 0 Å². The Morgan fingerprint density at radius 2 is 2.10 bits per heavy atom. The predicted molar refractivity (Wildman–Crippen MR) is 42.0 cm³/mol. The van der Waals surface area contributed by atoms with Crippen LogP contribution in [0.25, 0.3) is 0 Å². The first-order valence-corrected chi connectivity index (χ1v) is 3.46. The van der Waals surface area contributed by atoms with Crippen LogP contribution in [-0.2, 0) is 0 Å². The van der Waals surface area contributed by atoms with E-state index in [4.69, 9.17) is 16.2 Å². The molecule has 0 aliphatic rings. The maximum absolute atomic E-state index is 8.50. The summed E-state index contributed by atoms with van der Waals surface area (Å²) in [6, 6.07) is 0. The van der Waals surface area contributed by atoms with Crippen LogP contribution in [0.5, 0.6) is 0 Å². The summed E-state index contributed by atoms with van der Waals surface area (Å²) >= 11 is 0. The van der Waals surface area contributed by atoms with Crippen molar-refractivity contribution in [1.29, 1.82) is 5.41 Å². The lowest BCUT2D eigenvalue weighted by atomic mass is 9.87. The number of aliphatic hydroxyl groups excluding tert-OH is 1. The van der Waals surface area contributed by atoms with Gasteiger partial charge >= 0.3 is 0 Å². The molecule has 60 valence electrons. The predicted octanol–water partition coefficient (Wildman–Crippen LogP) is 0.721. The number of hydrogen-bond acceptors (Lipinski definition) is 2. The second-order valence-electron chi connectivity index (χ2n) is 3.12. The molecule has 0 rings (SSSR count). The highest BCUT2D eigenvalue weighted by Crippen LogP contribution is 2.20. The Morgan fingerprint density at radius 1 is 1.60 bits per heavy atom. The lowest BCUT2D eigenvalue weighted by molar-refractivity contribution is 0.266. The van der Waals surface area contributed by atoms with Gasteiger partial charge in [-0.05, 0) is 12.8 Å². The number of nitrogens with one attached hydrogen (secondary N) is 1. The zero-order valence-electron chi connectivity index (χ0n) is 6.65. The molecule has 3 nitrogen and oxygen atoms in total. The minimum absolute atomic E-state index is 0.177. The number of rotatable bonds is 4. The fourth-order valence-corrected chi connectivity index (χ4v) is 0.656. The highest BCUT2D eigenvalue weighted by atomic mass is 16.2. The molecule has 0 unspecified atom stereocenters. The van der Waals surface area contributed by atoms with E-state index in [1.807, 2.05) is 13.8 Å². The minimum Gasteiger partial charge on any atom is -0.396 e. The van der Waals surface area contributed by atoms with Gasteiger partial charge in [-0.1, -0.05) is 13.8 Å². The molecule has 0 aromatic rings. The number of nitrogens with two attached hydrogens (primary N) is 1. The highest BCUT2D eigenvalue weighted by Gasteiger charge is 2.20. The van der Waals surface area contributed by atoms with Crippen LogP contribution in [0.15, 0.2) is 0 Å². The zero-order valence-corrected chi connectivity index (χ0v) is 6.65. The number of amidine groups is 1. The standard InChI is InChI=1S/C7H16N2O/c1-7(2,6(8)9)4-3-5-10/h10H,3-5H2,1-2H3,(H3,8,9). The van der Waals surface area contributed by atoms with Crippen molar-refractivity contribution in [2.45, 2.75) is 26.7 Å². The molecule has 0 aliphatic heterocycles. The van der Waals surface area contributed by atoms with Gasteiger partial charge in [-0.15, -0.1) is 0 Å². The largest absolute Gasteiger partial charge is 0.396 e. The topological polar surface area (TPSA) is 70.1 Å². The van der Waals surface area contributed by atoms with Crippen LogP contribution in [0.2, 0.25) is 0 Å². The first-order chi connectivity index (χ1) is 4.50. The van der Waals surface area contributed by atoms with Gasteiger partial charge in [-0.3, -0.25) is 5.41 Å². The third-order valence-electron chi connectivity index (χ3n) is 1.69. The molecular formula is C7H16N2O. The molecule has 4 N–H and O–H groups in total. The van der Waals surface area contributed by atoms with E-state index in [0.29, 0.717) is 6.42 Å². The molecule has 0 aromatic carbocycles. The van der Waals surface area contributed by atoms with Crippen LogP contribution in [0.1, 0.15) is 26.7 Å². The van der Waals surface area contributed by atoms with Crippen molar-refractivity contribution in [2.24, 2.45) is 11.1 Å². The number of aliphatic hydroxyl groups is 1. The van der Waals surface area contributed by atoms with Gasteiger partial charge in [0.05, 0.1) is 5.84 Å². The average Bonchev–Trinajstić information content (AvgIpc) is 1.84. The Balaban J connectivity index is 3.75. The molecule has 3 heteroatoms. The zero-order chi connectivity index (χ0) is 8.20. The third-order valence-corrected chi connectivity index (χ3v) is 1.69. The second kappa shape index (κ2) is 3.56. The van der Waals surface area contributed by atoms with E-state index in [1.165, 1.54) is 0 Å². The fraction of sp³-hybridized carbons (Fsp3) is 0.857. The first kappa shape index (κ1) is 9.43. The molecule has 0 spiro atoms. The number of hydrogen-bond donors (Lipinski definition) is 3. The van der Waals surface area contributed by atoms with Gasteiger partial charge in [0.1, 0.15) is 0 Å². The van der Waals surface area contributed by atoms with E-state index in [2.05, 4.69) is 0 Å². The van der Waals surface area contributed by atoms with Gasteiger partial charge in [0.15, 0.2) is 0 Å². The summed E-state index contributed by atoms with van der Waals surface area (Å²) in [5.41, 5.74) is 5.07. The summed E-state index contributed by atoms with van der Waals surface area (Å²) in [6.45, 7) is 3.99. The van der Waals surface area contributed by atoms with Gasteiger partial charge < -0.3 is 10.8 Å². The van der Waals surface area contributed by atoms with E-state index in [9.17, 15) is 0 Å². The van der Waals surface area contributed by atoms with Gasteiger partial charge in [0, 0.05) is 12.0 Å². The molecule has 0 atom stereocenters. The molecule has 0 heterocycles. The average molecular weight is 144 g/mol. The molecule has 0 bridgehead atoms. The second-order valence-corrected chi connectivity index (χ2v) is 3.12. The molecule has 0 aromatic heterocycles. The summed E-state index contributed by atoms with van der Waals surface area (Å²) in [7, 11) is 0. The SMILES string of the molecule is CC(C)(CCCO)C(=N)N. The van der Waals surface area contributed by atoms with Crippen LogP contribution in [-0.4, -0.2) is 17.5 Å². The first-order valence-electron chi connectivity index (χ1n) is 3.46. The van der Waals surface area contributed by atoms with Gasteiger partial charge in [-0.2, -0.15) is 0 Å². The normalized spacial score (nSPS) is 11.5. The minimum atomic E-state index is -0.247. The lowest BCUT2D eigenvalue weighted by Crippen LogP contribution is -2.30. The van der Waals surface area contributed by atoms with Crippen LogP contribution in [0, 0.1) is 10.8 Å². The van der Waals surface area contributed by atoms with Crippen molar-refractivity contribution >= 4 is 5.84 Å². The molecule has 0 fully saturated rings. The Kier molecular flexibility index (Phi) is 3.36. The monoisotopic (exact) mass is 144 g/mol. The molecule has 10 heavy (non-hydrogen) atoms. The van der Waals surface area contributed by atoms with Crippen molar-refractivity contribution in [2.75, 3.05) is 6.61 Å². The van der Waals surface area contributed by atoms with Crippen LogP contribution in [0.3, 0.4) is 0 Å². The summed E-state index contributed by atoms with van der Waals surface area (Å²) in [4.78, 5) is 0. The van der Waals surface area contributed by atoms with Gasteiger partial charge in [0.25, 0.3) is 0 Å². The quantitative estimate of drug-likeness (QED) is 0.402. The smallest absolute Gasteiger partial charge is 0.0963 e. The molecular weight excluding hydrogens is 128 g/mol. The third kappa shape index (κ3) is 2.82. The van der Waals surface area contributed by atoms with E-state index in [0.717, 1.165) is 6.42 Å². The van der Waals surface area contributed by atoms with Crippen LogP contribution >= 0.6 is 0 Å². The van der Waals surface area contributed by atoms with Gasteiger partial charge in [-0.25, -0.2) is 0 Å². The summed E-state index contributed by atoms with van der Waals surface area (Å²) in [5, 5.41) is 15.7. The molecule has 0 saturated heterocycles. The summed E-state index contributed by atoms with van der Waals surface area (Å²) in [6.07, 6.45) is 1.49. The highest BCUT2D eigenvalue weighted by molar-refractivity contribution is 5.82. The molecule has 0 aliphatic carbocycles. The van der Waals surface area contributed by atoms with Crippen molar-refractivity contribution in [3.8, 4) is 0 Å². The summed E-state index contributed by atoms with van der Waals surface area (Å²) in [5.74, 6) is 0.195. The van der Waals surface area contributed by atoms with Crippen molar-refractivity contribution in [3.05, 3.63) is 0 Å². The van der Waals surface area contributed by atoms with Crippen LogP contribution in [0.4, 0.5) is 0 Å². The maximum Gasteiger partial charge on any atom is 0.0963 e. The summed E-state index contributed by atoms with van der Waals surface area (Å²) < 4.78 is 0. The van der Waals surface area contributed by atoms with Crippen LogP contribution < -0.4 is 5.73 Å². The Labute approximate surface area is 61.7 Å². The Hall–Kier alpha value is -0.570. The van der Waals surface area contributed by atoms with Crippen molar-refractivity contribution in [3.63, 3.8) is 0 Å².